The molecule has 156 valence electrons. The van der Waals surface area contributed by atoms with E-state index in [4.69, 9.17) is 9.47 Å². The van der Waals surface area contributed by atoms with Gasteiger partial charge in [0.05, 0.1) is 5.52 Å². The first-order valence-electron chi connectivity index (χ1n) is 9.85. The van der Waals surface area contributed by atoms with Crippen LogP contribution in [0.15, 0.2) is 66.7 Å². The van der Waals surface area contributed by atoms with Gasteiger partial charge in [-0.05, 0) is 38.5 Å². The zero-order valence-electron chi connectivity index (χ0n) is 17.4. The molecule has 0 radical (unpaired) electrons. The standard InChI is InChI=1S/C24H26N2O4/c1-24(2,3)30-23(28)26-21(22(27)29-16-17-9-5-4-6-10-17)15-19-14-13-18-11-7-8-12-20(18)25-19/h4-14,21H,15-16H2,1-3H3,(H,26,28)/t21-/m1/s1. The quantitative estimate of drug-likeness (QED) is 0.614. The number of carbonyl (C=O) groups excluding carboxylic acids is 2. The van der Waals surface area contributed by atoms with Crippen molar-refractivity contribution in [1.29, 1.82) is 0 Å². The molecule has 1 atom stereocenters. The van der Waals surface area contributed by atoms with Gasteiger partial charge in [0, 0.05) is 17.5 Å². The predicted molar refractivity (Wildman–Crippen MR) is 115 cm³/mol. The maximum atomic E-state index is 12.8. The lowest BCUT2D eigenvalue weighted by atomic mass is 10.1. The fraction of sp³-hybridized carbons (Fsp3) is 0.292. The lowest BCUT2D eigenvalue weighted by Crippen LogP contribution is -2.45. The largest absolute Gasteiger partial charge is 0.459 e. The van der Waals surface area contributed by atoms with Crippen molar-refractivity contribution in [2.24, 2.45) is 0 Å². The summed E-state index contributed by atoms with van der Waals surface area (Å²) < 4.78 is 10.8. The minimum atomic E-state index is -0.919. The Labute approximate surface area is 176 Å². The van der Waals surface area contributed by atoms with Gasteiger partial charge in [-0.3, -0.25) is 4.98 Å². The van der Waals surface area contributed by atoms with Crippen LogP contribution in [0.25, 0.3) is 10.9 Å². The number of amides is 1. The van der Waals surface area contributed by atoms with Crippen molar-refractivity contribution in [3.63, 3.8) is 0 Å². The highest BCUT2D eigenvalue weighted by Crippen LogP contribution is 2.14. The third kappa shape index (κ3) is 6.30. The van der Waals surface area contributed by atoms with Gasteiger partial charge in [-0.2, -0.15) is 0 Å². The first-order chi connectivity index (χ1) is 14.3. The Hall–Kier alpha value is -3.41. The van der Waals surface area contributed by atoms with Gasteiger partial charge in [0.1, 0.15) is 18.2 Å². The number of hydrogen-bond acceptors (Lipinski definition) is 5. The summed E-state index contributed by atoms with van der Waals surface area (Å²) in [6.07, 6.45) is -0.484. The van der Waals surface area contributed by atoms with Crippen LogP contribution in [0.4, 0.5) is 4.79 Å². The van der Waals surface area contributed by atoms with E-state index in [1.54, 1.807) is 20.8 Å². The van der Waals surface area contributed by atoms with Gasteiger partial charge in [0.15, 0.2) is 0 Å². The smallest absolute Gasteiger partial charge is 0.408 e. The highest BCUT2D eigenvalue weighted by atomic mass is 16.6. The first kappa shape index (κ1) is 21.3. The number of nitrogens with zero attached hydrogens (tertiary/aromatic N) is 1. The van der Waals surface area contributed by atoms with E-state index in [9.17, 15) is 9.59 Å². The molecule has 0 aliphatic rings. The summed E-state index contributed by atoms with van der Waals surface area (Å²) in [4.78, 5) is 29.7. The number of para-hydroxylation sites is 1. The number of fused-ring (bicyclic) bond motifs is 1. The molecule has 1 heterocycles. The molecule has 0 saturated carbocycles. The van der Waals surface area contributed by atoms with E-state index in [0.29, 0.717) is 5.69 Å². The Bertz CT molecular complexity index is 1010. The molecular weight excluding hydrogens is 380 g/mol. The summed E-state index contributed by atoms with van der Waals surface area (Å²) in [7, 11) is 0. The maximum Gasteiger partial charge on any atom is 0.408 e. The molecule has 0 aliphatic heterocycles. The van der Waals surface area contributed by atoms with E-state index in [2.05, 4.69) is 10.3 Å². The van der Waals surface area contributed by atoms with Crippen LogP contribution in [0.3, 0.4) is 0 Å². The Morgan fingerprint density at radius 3 is 2.40 bits per heavy atom. The third-order valence-electron chi connectivity index (χ3n) is 4.27. The highest BCUT2D eigenvalue weighted by Gasteiger charge is 2.26. The van der Waals surface area contributed by atoms with Gasteiger partial charge in [-0.1, -0.05) is 54.6 Å². The number of carbonyl (C=O) groups is 2. The lowest BCUT2D eigenvalue weighted by Gasteiger charge is -2.23. The van der Waals surface area contributed by atoms with Crippen LogP contribution in [-0.4, -0.2) is 28.7 Å². The molecule has 3 aromatic rings. The topological polar surface area (TPSA) is 77.5 Å². The average molecular weight is 406 g/mol. The van der Waals surface area contributed by atoms with Crippen LogP contribution in [0.5, 0.6) is 0 Å². The minimum absolute atomic E-state index is 0.122. The first-order valence-corrected chi connectivity index (χ1v) is 9.85. The summed E-state index contributed by atoms with van der Waals surface area (Å²) in [6.45, 7) is 5.41. The molecule has 6 heteroatoms. The van der Waals surface area contributed by atoms with Gasteiger partial charge in [-0.15, -0.1) is 0 Å². The molecule has 0 unspecified atom stereocenters. The molecule has 0 spiro atoms. The van der Waals surface area contributed by atoms with Crippen molar-refractivity contribution in [1.82, 2.24) is 10.3 Å². The Kier molecular flexibility index (Phi) is 6.67. The van der Waals surface area contributed by atoms with Crippen LogP contribution in [0.1, 0.15) is 32.0 Å². The van der Waals surface area contributed by atoms with E-state index < -0.39 is 23.7 Å². The number of rotatable bonds is 6. The molecule has 1 aromatic heterocycles. The fourth-order valence-corrected chi connectivity index (χ4v) is 2.90. The highest BCUT2D eigenvalue weighted by molar-refractivity contribution is 5.82. The van der Waals surface area contributed by atoms with Gasteiger partial charge >= 0.3 is 12.1 Å². The molecule has 0 fully saturated rings. The number of esters is 1. The summed E-state index contributed by atoms with van der Waals surface area (Å²) >= 11 is 0. The third-order valence-corrected chi connectivity index (χ3v) is 4.27. The SMILES string of the molecule is CC(C)(C)OC(=O)N[C@H](Cc1ccc2ccccc2n1)C(=O)OCc1ccccc1. The molecule has 1 amide bonds. The Morgan fingerprint density at radius 1 is 0.967 bits per heavy atom. The number of alkyl carbamates (subject to hydrolysis) is 1. The number of pyridine rings is 1. The Balaban J connectivity index is 1.74. The van der Waals surface area contributed by atoms with Crippen LogP contribution in [0.2, 0.25) is 0 Å². The van der Waals surface area contributed by atoms with Gasteiger partial charge in [-0.25, -0.2) is 9.59 Å². The van der Waals surface area contributed by atoms with Crippen molar-refractivity contribution in [3.05, 3.63) is 78.0 Å². The summed E-state index contributed by atoms with van der Waals surface area (Å²) in [5.41, 5.74) is 1.69. The molecule has 6 nitrogen and oxygen atoms in total. The normalized spacial score (nSPS) is 12.2. The minimum Gasteiger partial charge on any atom is -0.459 e. The van der Waals surface area contributed by atoms with Crippen molar-refractivity contribution in [2.75, 3.05) is 0 Å². The zero-order chi connectivity index (χ0) is 21.6. The molecule has 0 saturated heterocycles. The second-order valence-corrected chi connectivity index (χ2v) is 7.99. The lowest BCUT2D eigenvalue weighted by molar-refractivity contribution is -0.147. The predicted octanol–water partition coefficient (Wildman–Crippen LogP) is 4.41. The van der Waals surface area contributed by atoms with Crippen molar-refractivity contribution in [2.45, 2.75) is 45.4 Å². The average Bonchev–Trinajstić information content (AvgIpc) is 2.71. The molecule has 2 aromatic carbocycles. The van der Waals surface area contributed by atoms with Gasteiger partial charge in [0.25, 0.3) is 0 Å². The number of benzene rings is 2. The van der Waals surface area contributed by atoms with E-state index >= 15 is 0 Å². The summed E-state index contributed by atoms with van der Waals surface area (Å²) in [5.74, 6) is -0.542. The van der Waals surface area contributed by atoms with E-state index in [1.165, 1.54) is 0 Å². The molecule has 3 rings (SSSR count). The second kappa shape index (κ2) is 9.39. The van der Waals surface area contributed by atoms with Gasteiger partial charge in [0.2, 0.25) is 0 Å². The van der Waals surface area contributed by atoms with Crippen molar-refractivity contribution >= 4 is 23.0 Å². The molecule has 0 bridgehead atoms. The Morgan fingerprint density at radius 2 is 1.67 bits per heavy atom. The summed E-state index contributed by atoms with van der Waals surface area (Å²) in [5, 5.41) is 3.63. The molecule has 0 aliphatic carbocycles. The van der Waals surface area contributed by atoms with Crippen molar-refractivity contribution in [3.8, 4) is 0 Å². The van der Waals surface area contributed by atoms with Crippen LogP contribution in [-0.2, 0) is 27.3 Å². The van der Waals surface area contributed by atoms with E-state index in [-0.39, 0.29) is 13.0 Å². The number of ether oxygens (including phenoxy) is 2. The second-order valence-electron chi connectivity index (χ2n) is 7.99. The van der Waals surface area contributed by atoms with Crippen LogP contribution >= 0.6 is 0 Å². The maximum absolute atomic E-state index is 12.8. The molecular formula is C24H26N2O4. The van der Waals surface area contributed by atoms with E-state index in [0.717, 1.165) is 16.5 Å². The number of aromatic nitrogens is 1. The zero-order valence-corrected chi connectivity index (χ0v) is 17.4. The number of nitrogens with one attached hydrogen (secondary N) is 1. The van der Waals surface area contributed by atoms with Crippen LogP contribution in [0, 0.1) is 0 Å². The summed E-state index contributed by atoms with van der Waals surface area (Å²) in [6, 6.07) is 20.0. The number of hydrogen-bond donors (Lipinski definition) is 1. The fourth-order valence-electron chi connectivity index (χ4n) is 2.90. The van der Waals surface area contributed by atoms with Crippen molar-refractivity contribution < 1.29 is 19.1 Å². The molecule has 30 heavy (non-hydrogen) atoms. The monoisotopic (exact) mass is 406 g/mol. The van der Waals surface area contributed by atoms with Crippen LogP contribution < -0.4 is 5.32 Å². The molecule has 1 N–H and O–H groups in total. The van der Waals surface area contributed by atoms with Gasteiger partial charge < -0.3 is 14.8 Å². The van der Waals surface area contributed by atoms with E-state index in [1.807, 2.05) is 66.7 Å².